The average Bonchev–Trinajstić information content (AvgIpc) is 2.91. The fraction of sp³-hybridized carbons (Fsp3) is 0.333. The summed E-state index contributed by atoms with van der Waals surface area (Å²) in [6.45, 7) is 6.20. The molecule has 3 aromatic rings. The van der Waals surface area contributed by atoms with Gasteiger partial charge >= 0.3 is 0 Å². The van der Waals surface area contributed by atoms with Gasteiger partial charge in [-0.3, -0.25) is 4.79 Å². The number of nitrogens with zero attached hydrogens (tertiary/aromatic N) is 2. The number of hydrogen-bond donors (Lipinski definition) is 1. The van der Waals surface area contributed by atoms with Gasteiger partial charge in [0, 0.05) is 12.0 Å². The van der Waals surface area contributed by atoms with Crippen molar-refractivity contribution in [3.63, 3.8) is 0 Å². The summed E-state index contributed by atoms with van der Waals surface area (Å²) in [5.74, 6) is 1.68. The first kappa shape index (κ1) is 18.0. The van der Waals surface area contributed by atoms with Crippen molar-refractivity contribution in [2.45, 2.75) is 39.3 Å². The van der Waals surface area contributed by atoms with Crippen molar-refractivity contribution in [1.82, 2.24) is 14.9 Å². The number of fused-ring (bicyclic) bond motifs is 1. The second kappa shape index (κ2) is 7.20. The van der Waals surface area contributed by atoms with E-state index in [4.69, 9.17) is 9.72 Å². The lowest BCUT2D eigenvalue weighted by atomic mass is 10.1. The first-order chi connectivity index (χ1) is 12.4. The summed E-state index contributed by atoms with van der Waals surface area (Å²) in [6.07, 6.45) is 0.654. The molecular formula is C21H25N3O2. The number of methoxy groups -OCH3 is 1. The van der Waals surface area contributed by atoms with Crippen molar-refractivity contribution in [1.29, 1.82) is 0 Å². The highest BCUT2D eigenvalue weighted by atomic mass is 16.5. The molecule has 0 radical (unpaired) electrons. The summed E-state index contributed by atoms with van der Waals surface area (Å²) < 4.78 is 7.22. The van der Waals surface area contributed by atoms with Crippen LogP contribution >= 0.6 is 0 Å². The van der Waals surface area contributed by atoms with Crippen LogP contribution in [0.3, 0.4) is 0 Å². The van der Waals surface area contributed by atoms with Crippen molar-refractivity contribution >= 4 is 16.9 Å². The predicted octanol–water partition coefficient (Wildman–Crippen LogP) is 3.55. The zero-order valence-corrected chi connectivity index (χ0v) is 15.7. The molecule has 5 nitrogen and oxygen atoms in total. The van der Waals surface area contributed by atoms with E-state index in [9.17, 15) is 4.79 Å². The highest BCUT2D eigenvalue weighted by molar-refractivity contribution is 5.81. The highest BCUT2D eigenvalue weighted by Gasteiger charge is 2.18. The van der Waals surface area contributed by atoms with E-state index in [-0.39, 0.29) is 18.0 Å². The van der Waals surface area contributed by atoms with Crippen LogP contribution in [0.2, 0.25) is 0 Å². The van der Waals surface area contributed by atoms with E-state index >= 15 is 0 Å². The zero-order valence-electron chi connectivity index (χ0n) is 15.7. The SMILES string of the molecule is COc1ccc(Cc2nc3ccccc3n2CC(=O)NC(C)(C)C)cc1. The molecule has 1 aromatic heterocycles. The average molecular weight is 351 g/mol. The van der Waals surface area contributed by atoms with Crippen molar-refractivity contribution < 1.29 is 9.53 Å². The number of hydrogen-bond acceptors (Lipinski definition) is 3. The van der Waals surface area contributed by atoms with Crippen molar-refractivity contribution in [2.75, 3.05) is 7.11 Å². The first-order valence-electron chi connectivity index (χ1n) is 8.74. The lowest BCUT2D eigenvalue weighted by molar-refractivity contribution is -0.123. The molecule has 0 saturated carbocycles. The van der Waals surface area contributed by atoms with Crippen LogP contribution in [0.5, 0.6) is 5.75 Å². The number of para-hydroxylation sites is 2. The van der Waals surface area contributed by atoms with Gasteiger partial charge in [0.25, 0.3) is 0 Å². The maximum absolute atomic E-state index is 12.5. The second-order valence-electron chi connectivity index (χ2n) is 7.43. The third-order valence-corrected chi connectivity index (χ3v) is 4.07. The third kappa shape index (κ3) is 4.23. The van der Waals surface area contributed by atoms with E-state index in [1.807, 2.05) is 73.9 Å². The summed E-state index contributed by atoms with van der Waals surface area (Å²) >= 11 is 0. The number of imidazole rings is 1. The molecule has 26 heavy (non-hydrogen) atoms. The van der Waals surface area contributed by atoms with Gasteiger partial charge < -0.3 is 14.6 Å². The lowest BCUT2D eigenvalue weighted by Crippen LogP contribution is -2.42. The Kier molecular flexibility index (Phi) is 4.98. The van der Waals surface area contributed by atoms with Crippen LogP contribution in [0, 0.1) is 0 Å². The van der Waals surface area contributed by atoms with Crippen LogP contribution in [-0.2, 0) is 17.8 Å². The maximum Gasteiger partial charge on any atom is 0.240 e. The predicted molar refractivity (Wildman–Crippen MR) is 103 cm³/mol. The monoisotopic (exact) mass is 351 g/mol. The number of benzene rings is 2. The Balaban J connectivity index is 1.92. The van der Waals surface area contributed by atoms with Crippen LogP contribution in [0.4, 0.5) is 0 Å². The molecule has 0 aliphatic heterocycles. The highest BCUT2D eigenvalue weighted by Crippen LogP contribution is 2.20. The first-order valence-corrected chi connectivity index (χ1v) is 8.74. The molecule has 1 amide bonds. The Labute approximate surface area is 154 Å². The molecule has 0 aliphatic carbocycles. The maximum atomic E-state index is 12.5. The Hall–Kier alpha value is -2.82. The van der Waals surface area contributed by atoms with E-state index in [0.717, 1.165) is 28.2 Å². The summed E-state index contributed by atoms with van der Waals surface area (Å²) in [4.78, 5) is 17.2. The quantitative estimate of drug-likeness (QED) is 0.765. The van der Waals surface area contributed by atoms with Gasteiger partial charge in [-0.1, -0.05) is 24.3 Å². The third-order valence-electron chi connectivity index (χ3n) is 4.07. The summed E-state index contributed by atoms with van der Waals surface area (Å²) in [5.41, 5.74) is 2.74. The van der Waals surface area contributed by atoms with E-state index in [0.29, 0.717) is 6.42 Å². The largest absolute Gasteiger partial charge is 0.497 e. The minimum Gasteiger partial charge on any atom is -0.497 e. The molecule has 0 bridgehead atoms. The Bertz CT molecular complexity index is 905. The zero-order chi connectivity index (χ0) is 18.7. The van der Waals surface area contributed by atoms with E-state index in [1.165, 1.54) is 0 Å². The number of ether oxygens (including phenoxy) is 1. The molecule has 0 aliphatic rings. The topological polar surface area (TPSA) is 56.2 Å². The number of rotatable bonds is 5. The smallest absolute Gasteiger partial charge is 0.240 e. The van der Waals surface area contributed by atoms with Crippen LogP contribution in [0.1, 0.15) is 32.2 Å². The van der Waals surface area contributed by atoms with Crippen LogP contribution in [0.15, 0.2) is 48.5 Å². The molecule has 1 heterocycles. The molecule has 0 saturated heterocycles. The van der Waals surface area contributed by atoms with Crippen molar-refractivity contribution in [3.8, 4) is 5.75 Å². The number of aromatic nitrogens is 2. The Morgan fingerprint density at radius 1 is 1.12 bits per heavy atom. The van der Waals surface area contributed by atoms with Crippen LogP contribution in [-0.4, -0.2) is 28.1 Å². The Morgan fingerprint density at radius 3 is 2.46 bits per heavy atom. The molecule has 0 spiro atoms. The van der Waals surface area contributed by atoms with Crippen molar-refractivity contribution in [3.05, 3.63) is 59.9 Å². The molecule has 0 fully saturated rings. The Morgan fingerprint density at radius 2 is 1.81 bits per heavy atom. The fourth-order valence-electron chi connectivity index (χ4n) is 2.96. The number of nitrogens with one attached hydrogen (secondary N) is 1. The molecule has 1 N–H and O–H groups in total. The molecule has 0 atom stereocenters. The standard InChI is InChI=1S/C21H25N3O2/c1-21(2,3)23-20(25)14-24-18-8-6-5-7-17(18)22-19(24)13-15-9-11-16(26-4)12-10-15/h5-12H,13-14H2,1-4H3,(H,23,25). The lowest BCUT2D eigenvalue weighted by Gasteiger charge is -2.21. The van der Waals surface area contributed by atoms with Crippen LogP contribution in [0.25, 0.3) is 11.0 Å². The van der Waals surface area contributed by atoms with E-state index in [2.05, 4.69) is 5.32 Å². The molecule has 136 valence electrons. The normalized spacial score (nSPS) is 11.5. The molecule has 3 rings (SSSR count). The summed E-state index contributed by atoms with van der Waals surface area (Å²) in [6, 6.07) is 15.8. The van der Waals surface area contributed by atoms with Gasteiger partial charge in [-0.05, 0) is 50.6 Å². The van der Waals surface area contributed by atoms with Gasteiger partial charge in [-0.15, -0.1) is 0 Å². The molecule has 0 unspecified atom stereocenters. The fourth-order valence-corrected chi connectivity index (χ4v) is 2.96. The molecule has 2 aromatic carbocycles. The number of carbonyl (C=O) groups is 1. The minimum atomic E-state index is -0.260. The van der Waals surface area contributed by atoms with Crippen LogP contribution < -0.4 is 10.1 Å². The van der Waals surface area contributed by atoms with Gasteiger partial charge in [-0.2, -0.15) is 0 Å². The van der Waals surface area contributed by atoms with Crippen molar-refractivity contribution in [2.24, 2.45) is 0 Å². The molecular weight excluding hydrogens is 326 g/mol. The van der Waals surface area contributed by atoms with Gasteiger partial charge in [0.2, 0.25) is 5.91 Å². The summed E-state index contributed by atoms with van der Waals surface area (Å²) in [7, 11) is 1.66. The van der Waals surface area contributed by atoms with Gasteiger partial charge in [0.1, 0.15) is 18.1 Å². The minimum absolute atomic E-state index is 0.0170. The summed E-state index contributed by atoms with van der Waals surface area (Å²) in [5, 5.41) is 3.02. The number of carbonyl (C=O) groups excluding carboxylic acids is 1. The molecule has 5 heteroatoms. The van der Waals surface area contributed by atoms with E-state index < -0.39 is 0 Å². The van der Waals surface area contributed by atoms with Gasteiger partial charge in [0.05, 0.1) is 18.1 Å². The van der Waals surface area contributed by atoms with E-state index in [1.54, 1.807) is 7.11 Å². The van der Waals surface area contributed by atoms with Gasteiger partial charge in [0.15, 0.2) is 0 Å². The second-order valence-corrected chi connectivity index (χ2v) is 7.43. The van der Waals surface area contributed by atoms with Gasteiger partial charge in [-0.25, -0.2) is 4.98 Å². The number of amides is 1.